The van der Waals surface area contributed by atoms with E-state index in [9.17, 15) is 0 Å². The Labute approximate surface area is 119 Å². The lowest BCUT2D eigenvalue weighted by Crippen LogP contribution is -2.31. The van der Waals surface area contributed by atoms with Gasteiger partial charge in [0, 0.05) is 38.2 Å². The van der Waals surface area contributed by atoms with Crippen molar-refractivity contribution >= 4 is 16.5 Å². The smallest absolute Gasteiger partial charge is 0.185 e. The molecule has 0 spiro atoms. The number of nitriles is 1. The number of nitrogens with zero attached hydrogens (tertiary/aromatic N) is 3. The first-order valence-corrected chi connectivity index (χ1v) is 7.34. The molecule has 0 saturated heterocycles. The zero-order valence-corrected chi connectivity index (χ0v) is 12.7. The number of anilines is 1. The van der Waals surface area contributed by atoms with Crippen molar-refractivity contribution in [3.63, 3.8) is 0 Å². The van der Waals surface area contributed by atoms with Crippen LogP contribution in [0.15, 0.2) is 5.38 Å². The molecule has 0 aliphatic heterocycles. The molecule has 0 unspecified atom stereocenters. The molecule has 1 heterocycles. The van der Waals surface area contributed by atoms with Gasteiger partial charge in [-0.25, -0.2) is 4.98 Å². The van der Waals surface area contributed by atoms with Crippen molar-refractivity contribution in [2.45, 2.75) is 32.9 Å². The first-order chi connectivity index (χ1) is 9.19. The van der Waals surface area contributed by atoms with Gasteiger partial charge in [0.1, 0.15) is 0 Å². The topological polar surface area (TPSA) is 61.2 Å². The second kappa shape index (κ2) is 8.86. The molecule has 19 heavy (non-hydrogen) atoms. The van der Waals surface area contributed by atoms with Crippen LogP contribution in [0.4, 0.5) is 5.13 Å². The Bertz CT molecular complexity index is 400. The molecule has 0 aliphatic carbocycles. The van der Waals surface area contributed by atoms with Crippen molar-refractivity contribution in [1.82, 2.24) is 10.3 Å². The Morgan fingerprint density at radius 1 is 1.58 bits per heavy atom. The van der Waals surface area contributed by atoms with Crippen molar-refractivity contribution in [3.05, 3.63) is 11.1 Å². The average molecular weight is 282 g/mol. The number of nitrogens with one attached hydrogen (secondary N) is 1. The lowest BCUT2D eigenvalue weighted by atomic mass is 10.3. The van der Waals surface area contributed by atoms with Gasteiger partial charge in [0.25, 0.3) is 0 Å². The van der Waals surface area contributed by atoms with Gasteiger partial charge in [-0.3, -0.25) is 0 Å². The summed E-state index contributed by atoms with van der Waals surface area (Å²) in [5, 5.41) is 15.0. The first-order valence-electron chi connectivity index (χ1n) is 6.46. The van der Waals surface area contributed by atoms with E-state index in [-0.39, 0.29) is 0 Å². The normalized spacial score (nSPS) is 10.7. The van der Waals surface area contributed by atoms with E-state index in [2.05, 4.69) is 40.5 Å². The van der Waals surface area contributed by atoms with Crippen LogP contribution in [0.1, 0.15) is 26.0 Å². The lowest BCUT2D eigenvalue weighted by molar-refractivity contribution is 0.199. The van der Waals surface area contributed by atoms with Gasteiger partial charge in [-0.05, 0) is 13.8 Å². The predicted octanol–water partition coefficient (Wildman–Crippen LogP) is 2.01. The zero-order valence-electron chi connectivity index (χ0n) is 11.8. The van der Waals surface area contributed by atoms with Crippen LogP contribution in [-0.4, -0.2) is 37.8 Å². The third kappa shape index (κ3) is 5.55. The number of hydrogen-bond donors (Lipinski definition) is 1. The Morgan fingerprint density at radius 3 is 3.00 bits per heavy atom. The molecule has 0 amide bonds. The standard InChI is InChI=1S/C13H22N4OS/c1-11(2)17(7-4-5-14)13-16-12(10-19-13)9-15-6-8-18-3/h10-11,15H,4,6-9H2,1-3H3. The van der Waals surface area contributed by atoms with Gasteiger partial charge in [-0.1, -0.05) is 0 Å². The van der Waals surface area contributed by atoms with E-state index in [1.54, 1.807) is 18.4 Å². The van der Waals surface area contributed by atoms with E-state index < -0.39 is 0 Å². The Morgan fingerprint density at radius 2 is 2.37 bits per heavy atom. The molecule has 0 atom stereocenters. The highest BCUT2D eigenvalue weighted by Gasteiger charge is 2.14. The summed E-state index contributed by atoms with van der Waals surface area (Å²) in [6.45, 7) is 7.26. The van der Waals surface area contributed by atoms with Crippen LogP contribution >= 0.6 is 11.3 Å². The van der Waals surface area contributed by atoms with E-state index >= 15 is 0 Å². The fourth-order valence-corrected chi connectivity index (χ4v) is 2.63. The maximum Gasteiger partial charge on any atom is 0.185 e. The SMILES string of the molecule is COCCNCc1csc(N(CCC#N)C(C)C)n1. The molecular weight excluding hydrogens is 260 g/mol. The van der Waals surface area contributed by atoms with Crippen molar-refractivity contribution in [3.8, 4) is 6.07 Å². The minimum absolute atomic E-state index is 0.355. The summed E-state index contributed by atoms with van der Waals surface area (Å²) < 4.78 is 4.98. The van der Waals surface area contributed by atoms with E-state index in [4.69, 9.17) is 10.00 Å². The third-order valence-electron chi connectivity index (χ3n) is 2.66. The lowest BCUT2D eigenvalue weighted by Gasteiger charge is -2.24. The van der Waals surface area contributed by atoms with Gasteiger partial charge in [-0.2, -0.15) is 5.26 Å². The minimum Gasteiger partial charge on any atom is -0.383 e. The van der Waals surface area contributed by atoms with Gasteiger partial charge in [0.15, 0.2) is 5.13 Å². The average Bonchev–Trinajstić information content (AvgIpc) is 2.83. The molecule has 106 valence electrons. The van der Waals surface area contributed by atoms with Crippen molar-refractivity contribution < 1.29 is 4.74 Å². The molecule has 1 rings (SSSR count). The van der Waals surface area contributed by atoms with E-state index in [1.165, 1.54) is 0 Å². The second-order valence-corrected chi connectivity index (χ2v) is 5.32. The van der Waals surface area contributed by atoms with Crippen LogP contribution in [0.5, 0.6) is 0 Å². The Hall–Kier alpha value is -1.16. The molecule has 0 bridgehead atoms. The first kappa shape index (κ1) is 15.9. The quantitative estimate of drug-likeness (QED) is 0.702. The summed E-state index contributed by atoms with van der Waals surface area (Å²) in [6.07, 6.45) is 0.527. The van der Waals surface area contributed by atoms with Crippen LogP contribution in [-0.2, 0) is 11.3 Å². The van der Waals surface area contributed by atoms with Crippen molar-refractivity contribution in [2.75, 3.05) is 31.7 Å². The molecule has 6 heteroatoms. The number of aromatic nitrogens is 1. The summed E-state index contributed by atoms with van der Waals surface area (Å²) in [6, 6.07) is 2.54. The summed E-state index contributed by atoms with van der Waals surface area (Å²) >= 11 is 1.63. The van der Waals surface area contributed by atoms with Crippen LogP contribution in [0.2, 0.25) is 0 Å². The zero-order chi connectivity index (χ0) is 14.1. The molecule has 0 radical (unpaired) electrons. The Balaban J connectivity index is 2.53. The minimum atomic E-state index is 0.355. The van der Waals surface area contributed by atoms with Crippen LogP contribution in [0, 0.1) is 11.3 Å². The highest BCUT2D eigenvalue weighted by Crippen LogP contribution is 2.22. The van der Waals surface area contributed by atoms with E-state index in [1.807, 2.05) is 0 Å². The molecule has 0 aromatic carbocycles. The monoisotopic (exact) mass is 282 g/mol. The Kier molecular flexibility index (Phi) is 7.41. The summed E-state index contributed by atoms with van der Waals surface area (Å²) in [5.74, 6) is 0. The highest BCUT2D eigenvalue weighted by molar-refractivity contribution is 7.13. The number of rotatable bonds is 9. The van der Waals surface area contributed by atoms with Crippen LogP contribution in [0.25, 0.3) is 0 Å². The summed E-state index contributed by atoms with van der Waals surface area (Å²) in [5.41, 5.74) is 1.04. The van der Waals surface area contributed by atoms with E-state index in [0.29, 0.717) is 19.1 Å². The predicted molar refractivity (Wildman–Crippen MR) is 78.4 cm³/mol. The molecule has 1 aromatic rings. The van der Waals surface area contributed by atoms with Crippen LogP contribution < -0.4 is 10.2 Å². The fraction of sp³-hybridized carbons (Fsp3) is 0.692. The number of hydrogen-bond acceptors (Lipinski definition) is 6. The molecule has 0 fully saturated rings. The maximum atomic E-state index is 8.70. The molecule has 5 nitrogen and oxygen atoms in total. The van der Waals surface area contributed by atoms with E-state index in [0.717, 1.165) is 30.5 Å². The van der Waals surface area contributed by atoms with Crippen LogP contribution in [0.3, 0.4) is 0 Å². The van der Waals surface area contributed by atoms with Gasteiger partial charge in [0.2, 0.25) is 0 Å². The number of methoxy groups -OCH3 is 1. The van der Waals surface area contributed by atoms with Gasteiger partial charge in [-0.15, -0.1) is 11.3 Å². The maximum absolute atomic E-state index is 8.70. The molecule has 0 aliphatic rings. The molecular formula is C13H22N4OS. The van der Waals surface area contributed by atoms with Gasteiger partial charge in [0.05, 0.1) is 24.8 Å². The summed E-state index contributed by atoms with van der Waals surface area (Å²) in [4.78, 5) is 6.79. The number of thiazole rings is 1. The largest absolute Gasteiger partial charge is 0.383 e. The van der Waals surface area contributed by atoms with Gasteiger partial charge < -0.3 is 15.0 Å². The molecule has 1 aromatic heterocycles. The number of ether oxygens (including phenoxy) is 1. The van der Waals surface area contributed by atoms with Crippen molar-refractivity contribution in [1.29, 1.82) is 5.26 Å². The molecule has 0 saturated carbocycles. The second-order valence-electron chi connectivity index (χ2n) is 4.49. The third-order valence-corrected chi connectivity index (χ3v) is 3.59. The highest BCUT2D eigenvalue weighted by atomic mass is 32.1. The van der Waals surface area contributed by atoms with Gasteiger partial charge >= 0.3 is 0 Å². The fourth-order valence-electron chi connectivity index (χ4n) is 1.65. The van der Waals surface area contributed by atoms with Crippen molar-refractivity contribution in [2.24, 2.45) is 0 Å². The summed E-state index contributed by atoms with van der Waals surface area (Å²) in [7, 11) is 1.69. The molecule has 1 N–H and O–H groups in total.